The molecule has 1 aliphatic rings. The molecule has 100 valence electrons. The lowest BCUT2D eigenvalue weighted by Crippen LogP contribution is -2.35. The van der Waals surface area contributed by atoms with E-state index in [0.29, 0.717) is 0 Å². The lowest BCUT2D eigenvalue weighted by Gasteiger charge is -2.29. The number of anilines is 1. The number of carbonyl (C=O) groups excluding carboxylic acids is 1. The average molecular weight is 278 g/mol. The first-order chi connectivity index (χ1) is 9.06. The summed E-state index contributed by atoms with van der Waals surface area (Å²) in [6.07, 6.45) is 1.81. The minimum absolute atomic E-state index is 0.0349. The maximum atomic E-state index is 14.1. The van der Waals surface area contributed by atoms with Gasteiger partial charge >= 0.3 is 0 Å². The van der Waals surface area contributed by atoms with Gasteiger partial charge in [-0.2, -0.15) is 0 Å². The molecule has 1 aromatic rings. The SMILES string of the molecule is CN1CCC(Oc2cccc(N[C](=O)[Al])c2F)CC1. The van der Waals surface area contributed by atoms with Crippen molar-refractivity contribution in [1.82, 2.24) is 4.90 Å². The zero-order valence-corrected chi connectivity index (χ0v) is 12.0. The number of nitrogens with one attached hydrogen (secondary N) is 1. The van der Waals surface area contributed by atoms with Crippen LogP contribution in [0.3, 0.4) is 0 Å². The van der Waals surface area contributed by atoms with Crippen LogP contribution in [-0.2, 0) is 0 Å². The average Bonchev–Trinajstić information content (AvgIpc) is 2.36. The number of hydrogen-bond acceptors (Lipinski definition) is 3. The van der Waals surface area contributed by atoms with Crippen molar-refractivity contribution in [2.75, 3.05) is 25.5 Å². The second-order valence-corrected chi connectivity index (χ2v) is 5.25. The Balaban J connectivity index is 2.06. The fourth-order valence-corrected chi connectivity index (χ4v) is 2.27. The molecule has 4 nitrogen and oxygen atoms in total. The van der Waals surface area contributed by atoms with Crippen molar-refractivity contribution in [3.8, 4) is 5.75 Å². The quantitative estimate of drug-likeness (QED) is 0.860. The summed E-state index contributed by atoms with van der Waals surface area (Å²) in [4.78, 5) is 13.2. The Kier molecular flexibility index (Phi) is 4.81. The molecule has 0 unspecified atom stereocenters. The van der Waals surface area contributed by atoms with Crippen LogP contribution < -0.4 is 10.1 Å². The van der Waals surface area contributed by atoms with Gasteiger partial charge in [0.05, 0.1) is 5.69 Å². The van der Waals surface area contributed by atoms with E-state index < -0.39 is 5.82 Å². The Hall–Kier alpha value is -1.09. The fourth-order valence-electron chi connectivity index (χ4n) is 2.11. The summed E-state index contributed by atoms with van der Waals surface area (Å²) in [5, 5.41) is 2.42. The molecule has 1 aromatic carbocycles. The van der Waals surface area contributed by atoms with E-state index in [9.17, 15) is 9.18 Å². The van der Waals surface area contributed by atoms with Gasteiger partial charge in [-0.25, -0.2) is 4.39 Å². The molecule has 2 rings (SSSR count). The van der Waals surface area contributed by atoms with Gasteiger partial charge in [0.25, 0.3) is 16.3 Å². The van der Waals surface area contributed by atoms with Crippen LogP contribution in [0.4, 0.5) is 14.9 Å². The molecule has 1 aliphatic heterocycles. The molecular weight excluding hydrogens is 262 g/mol. The maximum Gasteiger partial charge on any atom is 0.281 e. The smallest absolute Gasteiger partial charge is 0.281 e. The lowest BCUT2D eigenvalue weighted by molar-refractivity contribution is 0.110. The number of carbonyl (C=O) groups is 1. The Labute approximate surface area is 120 Å². The number of benzene rings is 1. The number of nitrogens with zero attached hydrogens (tertiary/aromatic N) is 1. The topological polar surface area (TPSA) is 41.6 Å². The second-order valence-electron chi connectivity index (χ2n) is 4.73. The zero-order valence-electron chi connectivity index (χ0n) is 10.9. The van der Waals surface area contributed by atoms with Gasteiger partial charge < -0.3 is 19.7 Å². The first-order valence-corrected chi connectivity index (χ1v) is 6.84. The predicted octanol–water partition coefficient (Wildman–Crippen LogP) is 2.00. The predicted molar refractivity (Wildman–Crippen MR) is 72.3 cm³/mol. The second kappa shape index (κ2) is 6.38. The van der Waals surface area contributed by atoms with Crippen LogP contribution in [0.2, 0.25) is 0 Å². The minimum atomic E-state index is -0.516. The highest BCUT2D eigenvalue weighted by Gasteiger charge is 2.20. The third kappa shape index (κ3) is 3.94. The number of likely N-dealkylation sites (tertiary alicyclic amines) is 1. The van der Waals surface area contributed by atoms with Gasteiger partial charge in [0.1, 0.15) is 10.9 Å². The van der Waals surface area contributed by atoms with E-state index in [-0.39, 0.29) is 22.3 Å². The molecule has 1 N–H and O–H groups in total. The number of ether oxygens (including phenoxy) is 1. The van der Waals surface area contributed by atoms with Gasteiger partial charge in [-0.05, 0) is 32.0 Å². The summed E-state index contributed by atoms with van der Waals surface area (Å²) in [6, 6.07) is 4.77. The van der Waals surface area contributed by atoms with Crippen LogP contribution in [-0.4, -0.2) is 52.2 Å². The van der Waals surface area contributed by atoms with Gasteiger partial charge in [0, 0.05) is 13.1 Å². The van der Waals surface area contributed by atoms with E-state index in [1.54, 1.807) is 12.1 Å². The Morgan fingerprint density at radius 1 is 1.47 bits per heavy atom. The number of hydrogen-bond donors (Lipinski definition) is 1. The van der Waals surface area contributed by atoms with Crippen molar-refractivity contribution >= 4 is 26.7 Å². The summed E-state index contributed by atoms with van der Waals surface area (Å²) in [7, 11) is 2.06. The summed E-state index contributed by atoms with van der Waals surface area (Å²) in [5.74, 6) is -0.317. The van der Waals surface area contributed by atoms with E-state index in [4.69, 9.17) is 4.74 Å². The van der Waals surface area contributed by atoms with Crippen molar-refractivity contribution in [1.29, 1.82) is 0 Å². The van der Waals surface area contributed by atoms with Gasteiger partial charge in [-0.1, -0.05) is 6.07 Å². The third-order valence-electron chi connectivity index (χ3n) is 3.18. The zero-order chi connectivity index (χ0) is 13.8. The van der Waals surface area contributed by atoms with Crippen LogP contribution in [0.15, 0.2) is 18.2 Å². The fraction of sp³-hybridized carbons (Fsp3) is 0.462. The molecule has 1 saturated heterocycles. The first kappa shape index (κ1) is 14.3. The van der Waals surface area contributed by atoms with Gasteiger partial charge in [0.15, 0.2) is 11.6 Å². The summed E-state index contributed by atoms with van der Waals surface area (Å²) < 4.78 is 19.4. The molecule has 19 heavy (non-hydrogen) atoms. The third-order valence-corrected chi connectivity index (χ3v) is 3.32. The number of amides is 1. The van der Waals surface area contributed by atoms with Crippen LogP contribution >= 0.6 is 0 Å². The lowest BCUT2D eigenvalue weighted by atomic mass is 10.1. The molecule has 1 fully saturated rings. The molecule has 1 amide bonds. The van der Waals surface area contributed by atoms with E-state index in [0.717, 1.165) is 25.9 Å². The maximum absolute atomic E-state index is 14.1. The van der Waals surface area contributed by atoms with Gasteiger partial charge in [-0.3, -0.25) is 0 Å². The van der Waals surface area contributed by atoms with E-state index in [1.807, 2.05) is 16.3 Å². The van der Waals surface area contributed by atoms with Gasteiger partial charge in [-0.15, -0.1) is 0 Å². The molecule has 0 spiro atoms. The van der Waals surface area contributed by atoms with Crippen LogP contribution in [0.5, 0.6) is 5.75 Å². The van der Waals surface area contributed by atoms with Crippen molar-refractivity contribution in [3.63, 3.8) is 0 Å². The molecule has 0 bridgehead atoms. The highest BCUT2D eigenvalue weighted by molar-refractivity contribution is 6.60. The molecule has 0 saturated carbocycles. The van der Waals surface area contributed by atoms with Crippen molar-refractivity contribution in [2.24, 2.45) is 0 Å². The summed E-state index contributed by atoms with van der Waals surface area (Å²) in [5.41, 5.74) is 0.144. The van der Waals surface area contributed by atoms with E-state index >= 15 is 0 Å². The minimum Gasteiger partial charge on any atom is -0.487 e. The normalized spacial score (nSPS) is 17.2. The van der Waals surface area contributed by atoms with Crippen molar-refractivity contribution < 1.29 is 13.9 Å². The molecule has 0 aromatic heterocycles. The Morgan fingerprint density at radius 2 is 2.16 bits per heavy atom. The molecule has 6 heteroatoms. The number of halogens is 1. The van der Waals surface area contributed by atoms with Crippen LogP contribution in [0.1, 0.15) is 12.8 Å². The molecule has 0 aliphatic carbocycles. The monoisotopic (exact) mass is 278 g/mol. The number of rotatable bonds is 3. The van der Waals surface area contributed by atoms with Crippen LogP contribution in [0, 0.1) is 5.82 Å². The summed E-state index contributed by atoms with van der Waals surface area (Å²) >= 11 is 1.96. The highest BCUT2D eigenvalue weighted by atomic mass is 27.0. The number of piperidine rings is 1. The molecule has 0 atom stereocenters. The molecular formula is C13H16AlFN2O2. The van der Waals surface area contributed by atoms with E-state index in [1.165, 1.54) is 6.07 Å². The molecule has 1 heterocycles. The largest absolute Gasteiger partial charge is 0.487 e. The van der Waals surface area contributed by atoms with Crippen molar-refractivity contribution in [2.45, 2.75) is 18.9 Å². The van der Waals surface area contributed by atoms with Gasteiger partial charge in [0.2, 0.25) is 0 Å². The Morgan fingerprint density at radius 3 is 2.79 bits per heavy atom. The molecule has 2 radical (unpaired) electrons. The van der Waals surface area contributed by atoms with Crippen LogP contribution in [0.25, 0.3) is 0 Å². The van der Waals surface area contributed by atoms with Crippen molar-refractivity contribution in [3.05, 3.63) is 24.0 Å². The standard InChI is InChI=1S/C13H16FN2O2.Al/c1-16-7-5-10(6-8-16)18-12-4-2-3-11(13(12)14)15-9-17;/h2-4,10H,5-8H2,1H3,(H,15,17);. The highest BCUT2D eigenvalue weighted by Crippen LogP contribution is 2.27. The first-order valence-electron chi connectivity index (χ1n) is 6.26. The summed E-state index contributed by atoms with van der Waals surface area (Å²) in [6.45, 7) is 1.91. The van der Waals surface area contributed by atoms with E-state index in [2.05, 4.69) is 17.3 Å². The Bertz CT molecular complexity index is 462.